The third-order valence-corrected chi connectivity index (χ3v) is 4.60. The fourth-order valence-electron chi connectivity index (χ4n) is 2.98. The number of nitrogens with two attached hydrogens (primary N) is 1. The monoisotopic (exact) mass is 371 g/mol. The van der Waals surface area contributed by atoms with Crippen molar-refractivity contribution in [1.29, 1.82) is 0 Å². The van der Waals surface area contributed by atoms with Crippen molar-refractivity contribution >= 4 is 30.0 Å². The van der Waals surface area contributed by atoms with E-state index in [1.165, 1.54) is 38.5 Å². The fourth-order valence-corrected chi connectivity index (χ4v) is 2.98. The second-order valence-electron chi connectivity index (χ2n) is 6.93. The van der Waals surface area contributed by atoms with Crippen LogP contribution in [-0.2, 0) is 9.59 Å². The number of nitrogens with one attached hydrogen (secondary N) is 3. The molecule has 5 N–H and O–H groups in total. The number of nitrogens with zero attached hydrogens (tertiary/aromatic N) is 1. The van der Waals surface area contributed by atoms with Gasteiger partial charge in [0, 0.05) is 17.7 Å². The summed E-state index contributed by atoms with van der Waals surface area (Å²) in [4.78, 5) is 23.7. The molecule has 0 radical (unpaired) electrons. The molecule has 1 heterocycles. The fraction of sp³-hybridized carbons (Fsp3) is 0.706. The molecule has 0 saturated heterocycles. The number of H-pyrrole nitrogens is 1. The molecule has 2 amide bonds. The summed E-state index contributed by atoms with van der Waals surface area (Å²) in [6, 6.07) is 1.29. The first-order valence-electron chi connectivity index (χ1n) is 8.86. The SMILES string of the molecule is CC(C)[C@H](N)C(=O)NCC(=O)Nc1cc(C2CCCCCC2)[nH]n1.Cl. The Morgan fingerprint density at radius 1 is 1.28 bits per heavy atom. The van der Waals surface area contributed by atoms with Gasteiger partial charge < -0.3 is 16.4 Å². The van der Waals surface area contributed by atoms with Crippen LogP contribution in [0.5, 0.6) is 0 Å². The highest BCUT2D eigenvalue weighted by atomic mass is 35.5. The van der Waals surface area contributed by atoms with Gasteiger partial charge in [0.15, 0.2) is 5.82 Å². The molecule has 25 heavy (non-hydrogen) atoms. The summed E-state index contributed by atoms with van der Waals surface area (Å²) in [7, 11) is 0. The summed E-state index contributed by atoms with van der Waals surface area (Å²) in [5, 5.41) is 12.4. The molecule has 0 aliphatic heterocycles. The highest BCUT2D eigenvalue weighted by molar-refractivity contribution is 5.94. The van der Waals surface area contributed by atoms with Crippen LogP contribution in [0.1, 0.15) is 64.0 Å². The van der Waals surface area contributed by atoms with Gasteiger partial charge in [0.25, 0.3) is 0 Å². The smallest absolute Gasteiger partial charge is 0.244 e. The molecule has 0 spiro atoms. The Hall–Kier alpha value is -1.60. The zero-order valence-electron chi connectivity index (χ0n) is 15.0. The molecule has 0 aromatic carbocycles. The molecule has 0 unspecified atom stereocenters. The van der Waals surface area contributed by atoms with E-state index in [4.69, 9.17) is 5.73 Å². The van der Waals surface area contributed by atoms with Crippen molar-refractivity contribution < 1.29 is 9.59 Å². The second-order valence-corrected chi connectivity index (χ2v) is 6.93. The maximum atomic E-state index is 11.9. The number of anilines is 1. The number of carbonyl (C=O) groups is 2. The molecule has 0 bridgehead atoms. The van der Waals surface area contributed by atoms with E-state index in [0.29, 0.717) is 11.7 Å². The minimum absolute atomic E-state index is 0. The van der Waals surface area contributed by atoms with E-state index >= 15 is 0 Å². The number of carbonyl (C=O) groups excluding carboxylic acids is 2. The number of aromatic nitrogens is 2. The Balaban J connectivity index is 0.00000312. The highest BCUT2D eigenvalue weighted by Crippen LogP contribution is 2.31. The largest absolute Gasteiger partial charge is 0.346 e. The summed E-state index contributed by atoms with van der Waals surface area (Å²) in [5.41, 5.74) is 6.82. The van der Waals surface area contributed by atoms with Crippen LogP contribution in [0.3, 0.4) is 0 Å². The minimum atomic E-state index is -0.606. The average Bonchev–Trinajstić information content (AvgIpc) is 2.84. The highest BCUT2D eigenvalue weighted by Gasteiger charge is 2.19. The molecule has 7 nitrogen and oxygen atoms in total. The molecule has 1 fully saturated rings. The van der Waals surface area contributed by atoms with Gasteiger partial charge in [-0.3, -0.25) is 14.7 Å². The lowest BCUT2D eigenvalue weighted by Crippen LogP contribution is -2.46. The van der Waals surface area contributed by atoms with E-state index in [9.17, 15) is 9.59 Å². The molecule has 1 aromatic heterocycles. The van der Waals surface area contributed by atoms with Crippen LogP contribution < -0.4 is 16.4 Å². The van der Waals surface area contributed by atoms with Gasteiger partial charge in [0.2, 0.25) is 11.8 Å². The van der Waals surface area contributed by atoms with Crippen molar-refractivity contribution in [3.05, 3.63) is 11.8 Å². The van der Waals surface area contributed by atoms with Crippen LogP contribution >= 0.6 is 12.4 Å². The summed E-state index contributed by atoms with van der Waals surface area (Å²) >= 11 is 0. The number of rotatable bonds is 6. The molecule has 2 rings (SSSR count). The quantitative estimate of drug-likeness (QED) is 0.574. The number of aromatic amines is 1. The van der Waals surface area contributed by atoms with Crippen LogP contribution in [-0.4, -0.2) is 34.6 Å². The lowest BCUT2D eigenvalue weighted by atomic mass is 9.97. The molecular weight excluding hydrogens is 342 g/mol. The van der Waals surface area contributed by atoms with E-state index in [-0.39, 0.29) is 36.7 Å². The summed E-state index contributed by atoms with van der Waals surface area (Å²) < 4.78 is 0. The third kappa shape index (κ3) is 6.66. The first kappa shape index (κ1) is 21.4. The van der Waals surface area contributed by atoms with Crippen molar-refractivity contribution in [2.75, 3.05) is 11.9 Å². The lowest BCUT2D eigenvalue weighted by Gasteiger charge is -2.14. The molecule has 142 valence electrons. The molecular formula is C17H30ClN5O2. The summed E-state index contributed by atoms with van der Waals surface area (Å²) in [5.74, 6) is 0.400. The van der Waals surface area contributed by atoms with Crippen molar-refractivity contribution in [2.45, 2.75) is 64.3 Å². The van der Waals surface area contributed by atoms with Gasteiger partial charge >= 0.3 is 0 Å². The van der Waals surface area contributed by atoms with Gasteiger partial charge in [-0.05, 0) is 18.8 Å². The van der Waals surface area contributed by atoms with Crippen LogP contribution in [0, 0.1) is 5.92 Å². The Morgan fingerprint density at radius 2 is 1.92 bits per heavy atom. The molecule has 8 heteroatoms. The normalized spacial score (nSPS) is 16.6. The van der Waals surface area contributed by atoms with Crippen molar-refractivity contribution in [3.8, 4) is 0 Å². The van der Waals surface area contributed by atoms with Gasteiger partial charge in [0.05, 0.1) is 12.6 Å². The van der Waals surface area contributed by atoms with Gasteiger partial charge in [-0.25, -0.2) is 0 Å². The first-order chi connectivity index (χ1) is 11.5. The van der Waals surface area contributed by atoms with Gasteiger partial charge in [-0.1, -0.05) is 39.5 Å². The first-order valence-corrected chi connectivity index (χ1v) is 8.86. The number of amides is 2. The summed E-state index contributed by atoms with van der Waals surface area (Å²) in [6.07, 6.45) is 7.41. The number of halogens is 1. The second kappa shape index (κ2) is 10.4. The predicted octanol–water partition coefficient (Wildman–Crippen LogP) is 2.31. The van der Waals surface area contributed by atoms with Gasteiger partial charge in [-0.15, -0.1) is 12.4 Å². The van der Waals surface area contributed by atoms with Crippen molar-refractivity contribution in [2.24, 2.45) is 11.7 Å². The molecule has 1 aromatic rings. The minimum Gasteiger partial charge on any atom is -0.346 e. The van der Waals surface area contributed by atoms with E-state index in [1.807, 2.05) is 19.9 Å². The predicted molar refractivity (Wildman–Crippen MR) is 101 cm³/mol. The Bertz CT molecular complexity index is 553. The third-order valence-electron chi connectivity index (χ3n) is 4.60. The topological polar surface area (TPSA) is 113 Å². The number of hydrogen-bond acceptors (Lipinski definition) is 4. The van der Waals surface area contributed by atoms with Crippen molar-refractivity contribution in [1.82, 2.24) is 15.5 Å². The van der Waals surface area contributed by atoms with E-state index in [0.717, 1.165) is 5.69 Å². The lowest BCUT2D eigenvalue weighted by molar-refractivity contribution is -0.125. The Morgan fingerprint density at radius 3 is 2.52 bits per heavy atom. The maximum Gasteiger partial charge on any atom is 0.244 e. The Kier molecular flexibility index (Phi) is 8.92. The molecule has 1 atom stereocenters. The molecule has 1 aliphatic carbocycles. The van der Waals surface area contributed by atoms with Crippen LogP contribution in [0.25, 0.3) is 0 Å². The van der Waals surface area contributed by atoms with Crippen LogP contribution in [0.15, 0.2) is 6.07 Å². The van der Waals surface area contributed by atoms with E-state index in [1.54, 1.807) is 0 Å². The van der Waals surface area contributed by atoms with Crippen molar-refractivity contribution in [3.63, 3.8) is 0 Å². The summed E-state index contributed by atoms with van der Waals surface area (Å²) in [6.45, 7) is 3.62. The van der Waals surface area contributed by atoms with Gasteiger partial charge in [0.1, 0.15) is 0 Å². The van der Waals surface area contributed by atoms with E-state index < -0.39 is 6.04 Å². The zero-order chi connectivity index (χ0) is 17.5. The molecule has 1 saturated carbocycles. The van der Waals surface area contributed by atoms with Gasteiger partial charge in [-0.2, -0.15) is 5.10 Å². The standard InChI is InChI=1S/C17H29N5O2.ClH/c1-11(2)16(18)17(24)19-10-15(23)20-14-9-13(21-22-14)12-7-5-3-4-6-8-12;/h9,11-12,16H,3-8,10,18H2,1-2H3,(H,19,24)(H2,20,21,22,23);1H/t16-;/m0./s1. The maximum absolute atomic E-state index is 11.9. The van der Waals surface area contributed by atoms with Crippen LogP contribution in [0.4, 0.5) is 5.82 Å². The zero-order valence-corrected chi connectivity index (χ0v) is 15.8. The Labute approximate surface area is 155 Å². The molecule has 1 aliphatic rings. The number of hydrogen-bond donors (Lipinski definition) is 4. The van der Waals surface area contributed by atoms with E-state index in [2.05, 4.69) is 20.8 Å². The van der Waals surface area contributed by atoms with Crippen LogP contribution in [0.2, 0.25) is 0 Å². The average molecular weight is 372 g/mol.